The molecule has 0 saturated heterocycles. The van der Waals surface area contributed by atoms with E-state index in [-0.39, 0.29) is 33.1 Å². The molecule has 0 bridgehead atoms. The number of methoxy groups -OCH3 is 2. The molecule has 54 heavy (non-hydrogen) atoms. The van der Waals surface area contributed by atoms with Crippen LogP contribution in [0.3, 0.4) is 0 Å². The van der Waals surface area contributed by atoms with E-state index >= 15 is 0 Å². The number of hydrogen-bond acceptors (Lipinski definition) is 7. The molecule has 0 spiro atoms. The molecule has 0 atom stereocenters. The van der Waals surface area contributed by atoms with Crippen LogP contribution in [0.5, 0.6) is 34.5 Å². The standard InChI is InChI=1S/C20H14Cl2FNO4.C20H16Cl2FNO2/c1-27-19-7-6-16(9-13(19)8-12-2-4-14(23)5-3-12)28-20-17(21)10-15(24(25)26)11-18(20)22;1-25-19-7-6-16(26-20-17(21)10-15(24)11-18(20)22)9-13(19)8-12-2-4-14(23)5-3-12/h2-7,9-11H,8H2,1H3;2-7,9-11H,8,24H2,1H3. The maximum atomic E-state index is 13.1. The highest BCUT2D eigenvalue weighted by atomic mass is 35.5. The number of non-ortho nitro benzene ring substituents is 1. The van der Waals surface area contributed by atoms with Crippen molar-refractivity contribution in [1.29, 1.82) is 0 Å². The second-order valence-electron chi connectivity index (χ2n) is 11.6. The summed E-state index contributed by atoms with van der Waals surface area (Å²) in [6.07, 6.45) is 1.05. The van der Waals surface area contributed by atoms with Gasteiger partial charge in [-0.2, -0.15) is 0 Å². The van der Waals surface area contributed by atoms with E-state index in [2.05, 4.69) is 0 Å². The number of ether oxygens (including phenoxy) is 4. The molecule has 6 rings (SSSR count). The van der Waals surface area contributed by atoms with Gasteiger partial charge in [0, 0.05) is 41.8 Å². The Morgan fingerprint density at radius 2 is 0.963 bits per heavy atom. The Balaban J connectivity index is 0.000000208. The number of nitro groups is 1. The second-order valence-corrected chi connectivity index (χ2v) is 13.2. The summed E-state index contributed by atoms with van der Waals surface area (Å²) in [5.41, 5.74) is 9.48. The molecule has 14 heteroatoms. The van der Waals surface area contributed by atoms with Gasteiger partial charge in [0.2, 0.25) is 0 Å². The number of nitro benzene ring substituents is 1. The largest absolute Gasteiger partial charge is 0.496 e. The minimum absolute atomic E-state index is 0.0232. The van der Waals surface area contributed by atoms with Crippen LogP contribution >= 0.6 is 46.4 Å². The van der Waals surface area contributed by atoms with Gasteiger partial charge in [0.05, 0.1) is 39.2 Å². The Morgan fingerprint density at radius 1 is 0.593 bits per heavy atom. The van der Waals surface area contributed by atoms with Crippen molar-refractivity contribution in [3.8, 4) is 34.5 Å². The third-order valence-electron chi connectivity index (χ3n) is 7.77. The van der Waals surface area contributed by atoms with Crippen LogP contribution in [0.25, 0.3) is 0 Å². The summed E-state index contributed by atoms with van der Waals surface area (Å²) in [7, 11) is 3.14. The summed E-state index contributed by atoms with van der Waals surface area (Å²) in [6.45, 7) is 0. The van der Waals surface area contributed by atoms with Gasteiger partial charge in [0.25, 0.3) is 5.69 Å². The number of rotatable bonds is 11. The van der Waals surface area contributed by atoms with E-state index in [1.54, 1.807) is 80.9 Å². The average molecular weight is 814 g/mol. The maximum absolute atomic E-state index is 13.1. The van der Waals surface area contributed by atoms with Crippen molar-refractivity contribution in [3.05, 3.63) is 173 Å². The Morgan fingerprint density at radius 3 is 1.31 bits per heavy atom. The summed E-state index contributed by atoms with van der Waals surface area (Å²) in [4.78, 5) is 10.3. The summed E-state index contributed by atoms with van der Waals surface area (Å²) < 4.78 is 48.6. The highest BCUT2D eigenvalue weighted by Gasteiger charge is 2.18. The monoisotopic (exact) mass is 812 g/mol. The van der Waals surface area contributed by atoms with Crippen LogP contribution in [0.1, 0.15) is 22.3 Å². The SMILES string of the molecule is COc1ccc(Oc2c(Cl)cc(N)cc2Cl)cc1Cc1ccc(F)cc1.COc1ccc(Oc2c(Cl)cc([N+](=O)[O-])cc2Cl)cc1Cc1ccc(F)cc1. The van der Waals surface area contributed by atoms with Gasteiger partial charge in [-0.15, -0.1) is 0 Å². The zero-order chi connectivity index (χ0) is 38.9. The molecule has 0 unspecified atom stereocenters. The third-order valence-corrected chi connectivity index (χ3v) is 8.90. The van der Waals surface area contributed by atoms with Crippen LogP contribution in [-0.2, 0) is 12.8 Å². The first kappa shape index (κ1) is 39.9. The summed E-state index contributed by atoms with van der Waals surface area (Å²) in [6, 6.07) is 28.5. The number of hydrogen-bond donors (Lipinski definition) is 1. The normalized spacial score (nSPS) is 10.6. The van der Waals surface area contributed by atoms with Crippen molar-refractivity contribution >= 4 is 57.8 Å². The average Bonchev–Trinajstić information content (AvgIpc) is 3.13. The van der Waals surface area contributed by atoms with E-state index in [1.165, 1.54) is 36.4 Å². The summed E-state index contributed by atoms with van der Waals surface area (Å²) in [5.74, 6) is 2.19. The highest BCUT2D eigenvalue weighted by Crippen LogP contribution is 2.41. The van der Waals surface area contributed by atoms with Crippen LogP contribution < -0.4 is 24.7 Å². The molecule has 0 radical (unpaired) electrons. The van der Waals surface area contributed by atoms with Gasteiger partial charge < -0.3 is 24.7 Å². The van der Waals surface area contributed by atoms with Gasteiger partial charge in [-0.3, -0.25) is 10.1 Å². The molecule has 8 nitrogen and oxygen atoms in total. The van der Waals surface area contributed by atoms with E-state index in [1.807, 2.05) is 6.07 Å². The van der Waals surface area contributed by atoms with Gasteiger partial charge in [0.15, 0.2) is 11.5 Å². The molecule has 0 aliphatic heterocycles. The predicted octanol–water partition coefficient (Wildman–Crippen LogP) is 12.5. The van der Waals surface area contributed by atoms with Gasteiger partial charge in [-0.05, 0) is 83.9 Å². The van der Waals surface area contributed by atoms with Crippen LogP contribution in [0.2, 0.25) is 20.1 Å². The third kappa shape index (κ3) is 10.4. The Hall–Kier alpha value is -5.26. The molecule has 0 aromatic heterocycles. The van der Waals surface area contributed by atoms with E-state index in [0.29, 0.717) is 57.3 Å². The Labute approximate surface area is 329 Å². The fraction of sp³-hybridized carbons (Fsp3) is 0.100. The molecular weight excluding hydrogens is 784 g/mol. The second kappa shape index (κ2) is 18.2. The molecule has 0 amide bonds. The van der Waals surface area contributed by atoms with Gasteiger partial charge in [-0.25, -0.2) is 8.78 Å². The minimum Gasteiger partial charge on any atom is -0.496 e. The van der Waals surface area contributed by atoms with E-state index in [0.717, 1.165) is 22.3 Å². The topological polar surface area (TPSA) is 106 Å². The Bertz CT molecular complexity index is 2230. The fourth-order valence-corrected chi connectivity index (χ4v) is 6.35. The first-order valence-electron chi connectivity index (χ1n) is 15.9. The minimum atomic E-state index is -0.588. The summed E-state index contributed by atoms with van der Waals surface area (Å²) >= 11 is 24.6. The molecule has 2 N–H and O–H groups in total. The number of benzene rings is 6. The molecule has 6 aromatic carbocycles. The van der Waals surface area contributed by atoms with Crippen molar-refractivity contribution in [1.82, 2.24) is 0 Å². The number of nitrogens with two attached hydrogens (primary N) is 1. The zero-order valence-corrected chi connectivity index (χ0v) is 31.6. The number of halogens is 6. The first-order valence-corrected chi connectivity index (χ1v) is 17.4. The van der Waals surface area contributed by atoms with Crippen molar-refractivity contribution in [2.24, 2.45) is 0 Å². The first-order chi connectivity index (χ1) is 25.8. The predicted molar refractivity (Wildman–Crippen MR) is 209 cm³/mol. The van der Waals surface area contributed by atoms with Crippen LogP contribution in [-0.4, -0.2) is 19.1 Å². The maximum Gasteiger partial charge on any atom is 0.272 e. The highest BCUT2D eigenvalue weighted by molar-refractivity contribution is 6.38. The Kier molecular flexibility index (Phi) is 13.4. The molecule has 0 fully saturated rings. The lowest BCUT2D eigenvalue weighted by Crippen LogP contribution is -1.96. The zero-order valence-electron chi connectivity index (χ0n) is 28.5. The van der Waals surface area contributed by atoms with Crippen molar-refractivity contribution < 1.29 is 32.7 Å². The van der Waals surface area contributed by atoms with Gasteiger partial charge in [0.1, 0.15) is 34.6 Å². The molecule has 6 aromatic rings. The van der Waals surface area contributed by atoms with E-state index in [4.69, 9.17) is 71.1 Å². The van der Waals surface area contributed by atoms with E-state index < -0.39 is 4.92 Å². The lowest BCUT2D eigenvalue weighted by molar-refractivity contribution is -0.384. The van der Waals surface area contributed by atoms with Crippen molar-refractivity contribution in [2.45, 2.75) is 12.8 Å². The molecule has 0 saturated carbocycles. The van der Waals surface area contributed by atoms with Crippen molar-refractivity contribution in [2.75, 3.05) is 20.0 Å². The fourth-order valence-electron chi connectivity index (χ4n) is 5.22. The van der Waals surface area contributed by atoms with Crippen LogP contribution in [0.15, 0.2) is 109 Å². The number of nitrogen functional groups attached to an aromatic ring is 1. The molecular formula is C40H30Cl4F2N2O6. The molecule has 0 aliphatic rings. The van der Waals surface area contributed by atoms with Crippen molar-refractivity contribution in [3.63, 3.8) is 0 Å². The summed E-state index contributed by atoms with van der Waals surface area (Å²) in [5, 5.41) is 11.6. The molecule has 278 valence electrons. The quantitative estimate of drug-likeness (QED) is 0.0788. The van der Waals surface area contributed by atoms with E-state index in [9.17, 15) is 18.9 Å². The van der Waals surface area contributed by atoms with Gasteiger partial charge >= 0.3 is 0 Å². The lowest BCUT2D eigenvalue weighted by atomic mass is 10.0. The van der Waals surface area contributed by atoms with Gasteiger partial charge in [-0.1, -0.05) is 70.7 Å². The van der Waals surface area contributed by atoms with Crippen LogP contribution in [0.4, 0.5) is 20.2 Å². The number of nitrogens with zero attached hydrogens (tertiary/aromatic N) is 1. The number of anilines is 1. The molecule has 0 heterocycles. The lowest BCUT2D eigenvalue weighted by Gasteiger charge is -2.14. The molecule has 0 aliphatic carbocycles. The smallest absolute Gasteiger partial charge is 0.272 e. The van der Waals surface area contributed by atoms with Crippen LogP contribution in [0, 0.1) is 21.7 Å².